The van der Waals surface area contributed by atoms with Crippen molar-refractivity contribution in [1.29, 1.82) is 0 Å². The van der Waals surface area contributed by atoms with Gasteiger partial charge < -0.3 is 0 Å². The van der Waals surface area contributed by atoms with E-state index in [9.17, 15) is 4.79 Å². The molecule has 1 aliphatic heterocycles. The molecule has 23 heavy (non-hydrogen) atoms. The number of likely N-dealkylation sites (tertiary alicyclic amines) is 1. The number of ketones is 1. The van der Waals surface area contributed by atoms with Gasteiger partial charge in [-0.15, -0.1) is 0 Å². The SMILES string of the molecule is CCn1cc(CN2CCC[C@H](C(=O)c3ccc(Cl)cc3)C2)cn1. The number of carbonyl (C=O) groups excluding carboxylic acids is 1. The Labute approximate surface area is 142 Å². The summed E-state index contributed by atoms with van der Waals surface area (Å²) in [7, 11) is 0. The summed E-state index contributed by atoms with van der Waals surface area (Å²) in [5.41, 5.74) is 1.98. The van der Waals surface area contributed by atoms with Crippen LogP contribution in [0.1, 0.15) is 35.7 Å². The summed E-state index contributed by atoms with van der Waals surface area (Å²) in [6.07, 6.45) is 6.04. The maximum atomic E-state index is 12.7. The fraction of sp³-hybridized carbons (Fsp3) is 0.444. The highest BCUT2D eigenvalue weighted by Crippen LogP contribution is 2.23. The van der Waals surface area contributed by atoms with Crippen LogP contribution in [0, 0.1) is 5.92 Å². The van der Waals surface area contributed by atoms with Crippen LogP contribution in [0.3, 0.4) is 0 Å². The molecule has 0 amide bonds. The van der Waals surface area contributed by atoms with E-state index in [1.165, 1.54) is 5.56 Å². The highest BCUT2D eigenvalue weighted by molar-refractivity contribution is 6.30. The van der Waals surface area contributed by atoms with Crippen molar-refractivity contribution in [2.45, 2.75) is 32.9 Å². The van der Waals surface area contributed by atoms with E-state index in [0.717, 1.165) is 44.6 Å². The Morgan fingerprint density at radius 3 is 2.83 bits per heavy atom. The van der Waals surface area contributed by atoms with Crippen molar-refractivity contribution in [3.05, 3.63) is 52.8 Å². The number of nitrogens with zero attached hydrogens (tertiary/aromatic N) is 3. The van der Waals surface area contributed by atoms with Gasteiger partial charge in [-0.25, -0.2) is 0 Å². The number of piperidine rings is 1. The van der Waals surface area contributed by atoms with Gasteiger partial charge in [-0.05, 0) is 50.6 Å². The molecule has 0 bridgehead atoms. The van der Waals surface area contributed by atoms with Gasteiger partial charge >= 0.3 is 0 Å². The van der Waals surface area contributed by atoms with Crippen molar-refractivity contribution >= 4 is 17.4 Å². The molecule has 5 heteroatoms. The molecule has 122 valence electrons. The average Bonchev–Trinajstić information content (AvgIpc) is 3.03. The Morgan fingerprint density at radius 1 is 1.35 bits per heavy atom. The first-order chi connectivity index (χ1) is 11.2. The van der Waals surface area contributed by atoms with Crippen molar-refractivity contribution in [1.82, 2.24) is 14.7 Å². The van der Waals surface area contributed by atoms with Crippen LogP contribution >= 0.6 is 11.6 Å². The zero-order chi connectivity index (χ0) is 16.2. The second-order valence-electron chi connectivity index (χ2n) is 6.15. The fourth-order valence-corrected chi connectivity index (χ4v) is 3.31. The molecular formula is C18H22ClN3O. The van der Waals surface area contributed by atoms with E-state index in [1.807, 2.05) is 23.0 Å². The summed E-state index contributed by atoms with van der Waals surface area (Å²) in [6, 6.07) is 7.23. The molecule has 1 saturated heterocycles. The summed E-state index contributed by atoms with van der Waals surface area (Å²) in [4.78, 5) is 15.0. The standard InChI is InChI=1S/C18H22ClN3O/c1-2-22-12-14(10-20-22)11-21-9-3-4-16(13-21)18(23)15-5-7-17(19)8-6-15/h5-8,10,12,16H,2-4,9,11,13H2,1H3/t16-/m0/s1. The lowest BCUT2D eigenvalue weighted by atomic mass is 9.90. The van der Waals surface area contributed by atoms with E-state index in [2.05, 4.69) is 23.1 Å². The molecule has 2 heterocycles. The number of halogens is 1. The lowest BCUT2D eigenvalue weighted by Gasteiger charge is -2.31. The summed E-state index contributed by atoms with van der Waals surface area (Å²) < 4.78 is 1.94. The van der Waals surface area contributed by atoms with Gasteiger partial charge in [0.05, 0.1) is 6.20 Å². The van der Waals surface area contributed by atoms with Crippen molar-refractivity contribution in [2.24, 2.45) is 5.92 Å². The minimum atomic E-state index is 0.0751. The highest BCUT2D eigenvalue weighted by atomic mass is 35.5. The number of benzene rings is 1. The van der Waals surface area contributed by atoms with Gasteiger partial charge in [-0.2, -0.15) is 5.10 Å². The average molecular weight is 332 g/mol. The fourth-order valence-electron chi connectivity index (χ4n) is 3.18. The van der Waals surface area contributed by atoms with Gasteiger partial charge in [0.15, 0.2) is 5.78 Å². The van der Waals surface area contributed by atoms with Crippen molar-refractivity contribution < 1.29 is 4.79 Å². The Kier molecular flexibility index (Phi) is 5.13. The summed E-state index contributed by atoms with van der Waals surface area (Å²) in [5.74, 6) is 0.307. The number of carbonyl (C=O) groups is 1. The van der Waals surface area contributed by atoms with Crippen LogP contribution in [0.15, 0.2) is 36.7 Å². The molecular weight excluding hydrogens is 310 g/mol. The van der Waals surface area contributed by atoms with Crippen molar-refractivity contribution in [3.8, 4) is 0 Å². The molecule has 0 spiro atoms. The maximum Gasteiger partial charge on any atom is 0.167 e. The second-order valence-corrected chi connectivity index (χ2v) is 6.59. The normalized spacial score (nSPS) is 19.0. The Morgan fingerprint density at radius 2 is 2.13 bits per heavy atom. The number of hydrogen-bond acceptors (Lipinski definition) is 3. The quantitative estimate of drug-likeness (QED) is 0.785. The number of hydrogen-bond donors (Lipinski definition) is 0. The molecule has 1 aliphatic rings. The van der Waals surface area contributed by atoms with Crippen LogP contribution in [0.5, 0.6) is 0 Å². The minimum absolute atomic E-state index is 0.0751. The van der Waals surface area contributed by atoms with E-state index in [0.29, 0.717) is 5.02 Å². The van der Waals surface area contributed by atoms with Crippen LogP contribution in [0.2, 0.25) is 5.02 Å². The molecule has 1 aromatic heterocycles. The Balaban J connectivity index is 1.63. The molecule has 0 aliphatic carbocycles. The van der Waals surface area contributed by atoms with E-state index in [4.69, 9.17) is 11.6 Å². The van der Waals surface area contributed by atoms with Crippen LogP contribution in [0.25, 0.3) is 0 Å². The number of aryl methyl sites for hydroxylation is 1. The van der Waals surface area contributed by atoms with Gasteiger partial charge in [0, 0.05) is 47.9 Å². The van der Waals surface area contributed by atoms with Gasteiger partial charge in [-0.3, -0.25) is 14.4 Å². The van der Waals surface area contributed by atoms with E-state index in [-0.39, 0.29) is 11.7 Å². The zero-order valence-corrected chi connectivity index (χ0v) is 14.2. The third-order valence-electron chi connectivity index (χ3n) is 4.42. The van der Waals surface area contributed by atoms with Gasteiger partial charge in [-0.1, -0.05) is 11.6 Å². The largest absolute Gasteiger partial charge is 0.298 e. The van der Waals surface area contributed by atoms with E-state index >= 15 is 0 Å². The molecule has 1 fully saturated rings. The van der Waals surface area contributed by atoms with Gasteiger partial charge in [0.1, 0.15) is 0 Å². The summed E-state index contributed by atoms with van der Waals surface area (Å²) in [6.45, 7) is 5.70. The number of Topliss-reactive ketones (excluding diaryl/α,β-unsaturated/α-hetero) is 1. The van der Waals surface area contributed by atoms with Crippen LogP contribution in [-0.2, 0) is 13.1 Å². The number of aromatic nitrogens is 2. The molecule has 2 aromatic rings. The predicted octanol–water partition coefficient (Wildman–Crippen LogP) is 3.65. The molecule has 0 radical (unpaired) electrons. The van der Waals surface area contributed by atoms with Crippen LogP contribution < -0.4 is 0 Å². The lowest BCUT2D eigenvalue weighted by molar-refractivity contribution is 0.0811. The molecule has 1 atom stereocenters. The van der Waals surface area contributed by atoms with E-state index in [1.54, 1.807) is 12.1 Å². The Bertz CT molecular complexity index is 665. The maximum absolute atomic E-state index is 12.7. The monoisotopic (exact) mass is 331 g/mol. The zero-order valence-electron chi connectivity index (χ0n) is 13.4. The van der Waals surface area contributed by atoms with E-state index < -0.39 is 0 Å². The topological polar surface area (TPSA) is 38.1 Å². The molecule has 0 saturated carbocycles. The highest BCUT2D eigenvalue weighted by Gasteiger charge is 2.26. The van der Waals surface area contributed by atoms with Crippen molar-refractivity contribution in [3.63, 3.8) is 0 Å². The third kappa shape index (κ3) is 4.01. The van der Waals surface area contributed by atoms with Gasteiger partial charge in [0.25, 0.3) is 0 Å². The van der Waals surface area contributed by atoms with Crippen molar-refractivity contribution in [2.75, 3.05) is 13.1 Å². The molecule has 0 unspecified atom stereocenters. The predicted molar refractivity (Wildman–Crippen MR) is 91.7 cm³/mol. The van der Waals surface area contributed by atoms with Crippen LogP contribution in [-0.4, -0.2) is 33.6 Å². The Hall–Kier alpha value is -1.65. The second kappa shape index (κ2) is 7.28. The third-order valence-corrected chi connectivity index (χ3v) is 4.67. The minimum Gasteiger partial charge on any atom is -0.298 e. The molecule has 3 rings (SSSR count). The molecule has 0 N–H and O–H groups in total. The smallest absolute Gasteiger partial charge is 0.167 e. The summed E-state index contributed by atoms with van der Waals surface area (Å²) >= 11 is 5.90. The lowest BCUT2D eigenvalue weighted by Crippen LogP contribution is -2.38. The first-order valence-corrected chi connectivity index (χ1v) is 8.57. The van der Waals surface area contributed by atoms with Gasteiger partial charge in [0.2, 0.25) is 0 Å². The molecule has 1 aromatic carbocycles. The molecule has 4 nitrogen and oxygen atoms in total. The summed E-state index contributed by atoms with van der Waals surface area (Å²) in [5, 5.41) is 4.99. The first kappa shape index (κ1) is 16.2. The number of rotatable bonds is 5. The first-order valence-electron chi connectivity index (χ1n) is 8.19. The van der Waals surface area contributed by atoms with Crippen LogP contribution in [0.4, 0.5) is 0 Å².